The quantitative estimate of drug-likeness (QED) is 0.746. The van der Waals surface area contributed by atoms with Gasteiger partial charge in [-0.25, -0.2) is 9.18 Å². The molecule has 1 rings (SSSR count). The molecule has 0 spiro atoms. The summed E-state index contributed by atoms with van der Waals surface area (Å²) in [6.07, 6.45) is -2.31. The summed E-state index contributed by atoms with van der Waals surface area (Å²) in [5.74, 6) is -0.994. The lowest BCUT2D eigenvalue weighted by Crippen LogP contribution is -2.52. The van der Waals surface area contributed by atoms with Crippen LogP contribution in [0.1, 0.15) is 33.6 Å². The highest BCUT2D eigenvalue weighted by Crippen LogP contribution is 2.33. The van der Waals surface area contributed by atoms with Gasteiger partial charge in [-0.05, 0) is 20.8 Å². The van der Waals surface area contributed by atoms with E-state index in [-0.39, 0.29) is 31.7 Å². The molecule has 3 atom stereocenters. The average molecular weight is 234 g/mol. The molecule has 5 heteroatoms. The molecule has 16 heavy (non-hydrogen) atoms. The van der Waals surface area contributed by atoms with E-state index in [1.165, 1.54) is 0 Å². The zero-order chi connectivity index (χ0) is 12.3. The molecule has 1 aliphatic rings. The maximum atomic E-state index is 13.8. The van der Waals surface area contributed by atoms with E-state index in [0.29, 0.717) is 0 Å². The minimum absolute atomic E-state index is 0.108. The third-order valence-electron chi connectivity index (χ3n) is 2.71. The number of alkyl halides is 1. The second kappa shape index (κ2) is 5.10. The zero-order valence-corrected chi connectivity index (χ0v) is 9.90. The molecule has 1 saturated heterocycles. The van der Waals surface area contributed by atoms with Gasteiger partial charge in [-0.15, -0.1) is 0 Å². The molecular weight excluding hydrogens is 215 g/mol. The molecular formula is C11H19FO4. The Morgan fingerprint density at radius 2 is 2.06 bits per heavy atom. The van der Waals surface area contributed by atoms with Gasteiger partial charge in [-0.3, -0.25) is 0 Å². The van der Waals surface area contributed by atoms with Gasteiger partial charge in [-0.1, -0.05) is 0 Å². The predicted octanol–water partition coefficient (Wildman–Crippen LogP) is 1.21. The van der Waals surface area contributed by atoms with Crippen LogP contribution < -0.4 is 0 Å². The van der Waals surface area contributed by atoms with Gasteiger partial charge >= 0.3 is 5.97 Å². The molecule has 94 valence electrons. The lowest BCUT2D eigenvalue weighted by molar-refractivity contribution is -0.183. The second-order valence-corrected chi connectivity index (χ2v) is 4.38. The molecule has 1 aliphatic heterocycles. The lowest BCUT2D eigenvalue weighted by atomic mass is 9.83. The fourth-order valence-corrected chi connectivity index (χ4v) is 2.21. The molecule has 4 nitrogen and oxygen atoms in total. The number of rotatable bonds is 3. The van der Waals surface area contributed by atoms with Crippen molar-refractivity contribution in [2.45, 2.75) is 57.6 Å². The van der Waals surface area contributed by atoms with Gasteiger partial charge in [0.25, 0.3) is 0 Å². The maximum Gasteiger partial charge on any atom is 0.343 e. The van der Waals surface area contributed by atoms with Crippen molar-refractivity contribution in [2.24, 2.45) is 0 Å². The molecule has 1 heterocycles. The van der Waals surface area contributed by atoms with Crippen LogP contribution in [0.5, 0.6) is 0 Å². The van der Waals surface area contributed by atoms with E-state index in [9.17, 15) is 14.3 Å². The van der Waals surface area contributed by atoms with Crippen molar-refractivity contribution in [1.29, 1.82) is 0 Å². The molecule has 0 radical (unpaired) electrons. The highest BCUT2D eigenvalue weighted by Gasteiger charge is 2.47. The average Bonchev–Trinajstić information content (AvgIpc) is 2.14. The number of ether oxygens (including phenoxy) is 2. The normalized spacial score (nSPS) is 36.8. The number of aliphatic hydroxyl groups is 1. The van der Waals surface area contributed by atoms with Crippen LogP contribution >= 0.6 is 0 Å². The molecule has 0 aromatic heterocycles. The first-order valence-electron chi connectivity index (χ1n) is 5.57. The second-order valence-electron chi connectivity index (χ2n) is 4.38. The molecule has 0 aromatic carbocycles. The topological polar surface area (TPSA) is 55.8 Å². The maximum absolute atomic E-state index is 13.8. The van der Waals surface area contributed by atoms with Gasteiger partial charge in [0.1, 0.15) is 5.60 Å². The Hall–Kier alpha value is -0.680. The number of carbonyl (C=O) groups excluding carboxylic acids is 1. The fraction of sp³-hybridized carbons (Fsp3) is 0.909. The van der Waals surface area contributed by atoms with E-state index in [1.54, 1.807) is 20.8 Å². The van der Waals surface area contributed by atoms with Gasteiger partial charge in [0.2, 0.25) is 6.17 Å². The Kier molecular flexibility index (Phi) is 4.27. The predicted molar refractivity (Wildman–Crippen MR) is 55.7 cm³/mol. The lowest BCUT2D eigenvalue weighted by Gasteiger charge is -2.39. The van der Waals surface area contributed by atoms with Crippen molar-refractivity contribution in [3.05, 3.63) is 0 Å². The smallest absolute Gasteiger partial charge is 0.343 e. The Balaban J connectivity index is 2.71. The van der Waals surface area contributed by atoms with Crippen LogP contribution in [0.15, 0.2) is 0 Å². The summed E-state index contributed by atoms with van der Waals surface area (Å²) < 4.78 is 23.8. The Morgan fingerprint density at radius 3 is 2.50 bits per heavy atom. The minimum Gasteiger partial charge on any atom is -0.464 e. The van der Waals surface area contributed by atoms with Crippen LogP contribution in [0.4, 0.5) is 4.39 Å². The number of hydrogen-bond donors (Lipinski definition) is 1. The van der Waals surface area contributed by atoms with Crippen LogP contribution in [0.3, 0.4) is 0 Å². The van der Waals surface area contributed by atoms with Crippen molar-refractivity contribution in [1.82, 2.24) is 0 Å². The molecule has 3 unspecified atom stereocenters. The number of hydrogen-bond acceptors (Lipinski definition) is 4. The summed E-state index contributed by atoms with van der Waals surface area (Å²) in [6, 6.07) is 0. The van der Waals surface area contributed by atoms with Crippen molar-refractivity contribution in [3.8, 4) is 0 Å². The van der Waals surface area contributed by atoms with E-state index in [2.05, 4.69) is 4.74 Å². The van der Waals surface area contributed by atoms with Crippen LogP contribution in [0.25, 0.3) is 0 Å². The van der Waals surface area contributed by atoms with Gasteiger partial charge in [-0.2, -0.15) is 0 Å². The van der Waals surface area contributed by atoms with Crippen molar-refractivity contribution >= 4 is 5.97 Å². The Labute approximate surface area is 94.7 Å². The van der Waals surface area contributed by atoms with E-state index in [4.69, 9.17) is 4.74 Å². The molecule has 0 saturated carbocycles. The highest BCUT2D eigenvalue weighted by atomic mass is 19.1. The van der Waals surface area contributed by atoms with Gasteiger partial charge in [0.15, 0.2) is 0 Å². The molecule has 0 aliphatic carbocycles. The largest absolute Gasteiger partial charge is 0.464 e. The van der Waals surface area contributed by atoms with Gasteiger partial charge in [0.05, 0.1) is 18.8 Å². The van der Waals surface area contributed by atoms with E-state index < -0.39 is 17.7 Å². The third kappa shape index (κ3) is 2.92. The summed E-state index contributed by atoms with van der Waals surface area (Å²) in [4.78, 5) is 11.3. The van der Waals surface area contributed by atoms with E-state index >= 15 is 0 Å². The first-order valence-corrected chi connectivity index (χ1v) is 5.57. The molecule has 0 amide bonds. The standard InChI is InChI=1S/C11H19FO4/c1-4-15-10(13)9(12)11(14)5-7(2)16-8(3)6-11/h7-9,14H,4-6H2,1-3H3. The molecule has 1 fully saturated rings. The summed E-state index contributed by atoms with van der Waals surface area (Å²) in [5.41, 5.74) is -1.66. The van der Waals surface area contributed by atoms with Crippen LogP contribution in [0, 0.1) is 0 Å². The molecule has 1 N–H and O–H groups in total. The summed E-state index contributed by atoms with van der Waals surface area (Å²) >= 11 is 0. The monoisotopic (exact) mass is 234 g/mol. The fourth-order valence-electron chi connectivity index (χ4n) is 2.21. The first kappa shape index (κ1) is 13.4. The van der Waals surface area contributed by atoms with E-state index in [1.807, 2.05) is 0 Å². The van der Waals surface area contributed by atoms with Crippen LogP contribution in [0.2, 0.25) is 0 Å². The van der Waals surface area contributed by atoms with Gasteiger partial charge < -0.3 is 14.6 Å². The summed E-state index contributed by atoms with van der Waals surface area (Å²) in [5, 5.41) is 10.1. The third-order valence-corrected chi connectivity index (χ3v) is 2.71. The summed E-state index contributed by atoms with van der Waals surface area (Å²) in [6.45, 7) is 5.21. The Morgan fingerprint density at radius 1 is 1.56 bits per heavy atom. The highest BCUT2D eigenvalue weighted by molar-refractivity contribution is 5.76. The van der Waals surface area contributed by atoms with Crippen molar-refractivity contribution in [3.63, 3.8) is 0 Å². The van der Waals surface area contributed by atoms with Crippen LogP contribution in [-0.2, 0) is 14.3 Å². The van der Waals surface area contributed by atoms with Crippen LogP contribution in [-0.4, -0.2) is 41.7 Å². The number of carbonyl (C=O) groups is 1. The van der Waals surface area contributed by atoms with Crippen molar-refractivity contribution < 1.29 is 23.8 Å². The SMILES string of the molecule is CCOC(=O)C(F)C1(O)CC(C)OC(C)C1. The summed E-state index contributed by atoms with van der Waals surface area (Å²) in [7, 11) is 0. The molecule has 0 aromatic rings. The van der Waals surface area contributed by atoms with Crippen molar-refractivity contribution in [2.75, 3.05) is 6.61 Å². The first-order chi connectivity index (χ1) is 7.39. The number of halogens is 1. The van der Waals surface area contributed by atoms with E-state index in [0.717, 1.165) is 0 Å². The Bertz CT molecular complexity index is 246. The minimum atomic E-state index is -2.00. The van der Waals surface area contributed by atoms with Gasteiger partial charge in [0, 0.05) is 12.8 Å². The number of esters is 1. The molecule has 0 bridgehead atoms. The zero-order valence-electron chi connectivity index (χ0n) is 9.90.